The average Bonchev–Trinajstić information content (AvgIpc) is 3.59. The van der Waals surface area contributed by atoms with Crippen LogP contribution in [0.25, 0.3) is 0 Å². The monoisotopic (exact) mass is 521 g/mol. The smallest absolute Gasteiger partial charge is 0.227 e. The third-order valence-electron chi connectivity index (χ3n) is 6.78. The van der Waals surface area contributed by atoms with Crippen LogP contribution in [0.5, 0.6) is 5.75 Å². The molecule has 3 N–H and O–H groups in total. The van der Waals surface area contributed by atoms with Crippen LogP contribution in [0.4, 0.5) is 23.1 Å². The maximum atomic E-state index is 12.5. The first kappa shape index (κ1) is 25.4. The normalized spacial score (nSPS) is 16.1. The second kappa shape index (κ2) is 11.9. The topological polar surface area (TPSA) is 108 Å². The number of carbonyl (C=O) groups is 1. The molecule has 3 aromatic rings. The molecule has 0 unspecified atom stereocenters. The highest BCUT2D eigenvalue weighted by molar-refractivity contribution is 7.99. The molecule has 9 nitrogen and oxygen atoms in total. The Hall–Kier alpha value is -3.27. The first-order valence-electron chi connectivity index (χ1n) is 13.3. The van der Waals surface area contributed by atoms with E-state index in [2.05, 4.69) is 25.7 Å². The Morgan fingerprint density at radius 3 is 2.54 bits per heavy atom. The molecule has 1 amide bonds. The highest BCUT2D eigenvalue weighted by Crippen LogP contribution is 2.39. The zero-order chi connectivity index (χ0) is 25.6. The van der Waals surface area contributed by atoms with Gasteiger partial charge in [-0.25, -0.2) is 9.97 Å². The number of aromatic nitrogens is 4. The Labute approximate surface area is 222 Å². The van der Waals surface area contributed by atoms with E-state index in [1.807, 2.05) is 44.2 Å². The van der Waals surface area contributed by atoms with Gasteiger partial charge in [-0.05, 0) is 82.0 Å². The summed E-state index contributed by atoms with van der Waals surface area (Å²) >= 11 is 1.49. The lowest BCUT2D eigenvalue weighted by Gasteiger charge is -2.30. The lowest BCUT2D eigenvalue weighted by atomic mass is 10.1. The van der Waals surface area contributed by atoms with Gasteiger partial charge in [0.15, 0.2) is 22.6 Å². The molecule has 2 fully saturated rings. The molecule has 10 heteroatoms. The molecule has 1 aromatic carbocycles. The Morgan fingerprint density at radius 1 is 1.11 bits per heavy atom. The lowest BCUT2D eigenvalue weighted by Crippen LogP contribution is -2.31. The maximum Gasteiger partial charge on any atom is 0.227 e. The van der Waals surface area contributed by atoms with Gasteiger partial charge < -0.3 is 20.3 Å². The van der Waals surface area contributed by atoms with E-state index in [0.29, 0.717) is 29.1 Å². The molecular formula is C27H35N7O2S. The number of hydrogen-bond acceptors (Lipinski definition) is 8. The maximum absolute atomic E-state index is 12.5. The number of nitrogens with zero attached hydrogens (tertiary/aromatic N) is 4. The molecule has 0 bridgehead atoms. The van der Waals surface area contributed by atoms with Crippen LogP contribution in [0.3, 0.4) is 0 Å². The van der Waals surface area contributed by atoms with Crippen molar-refractivity contribution in [3.05, 3.63) is 36.0 Å². The number of hydrogen-bond donors (Lipinski definition) is 3. The number of nitrogens with one attached hydrogen (secondary N) is 3. The minimum atomic E-state index is 0.128. The van der Waals surface area contributed by atoms with E-state index < -0.39 is 0 Å². The Morgan fingerprint density at radius 2 is 1.86 bits per heavy atom. The van der Waals surface area contributed by atoms with Crippen molar-refractivity contribution in [3.63, 3.8) is 0 Å². The van der Waals surface area contributed by atoms with Gasteiger partial charge >= 0.3 is 0 Å². The van der Waals surface area contributed by atoms with Crippen molar-refractivity contribution in [1.82, 2.24) is 20.2 Å². The van der Waals surface area contributed by atoms with E-state index in [9.17, 15) is 4.79 Å². The first-order chi connectivity index (χ1) is 18.1. The van der Waals surface area contributed by atoms with Crippen molar-refractivity contribution in [2.24, 2.45) is 5.92 Å². The summed E-state index contributed by atoms with van der Waals surface area (Å²) in [6, 6.07) is 9.82. The van der Waals surface area contributed by atoms with Crippen LogP contribution in [0.1, 0.15) is 57.6 Å². The number of aryl methyl sites for hydroxylation is 1. The first-order valence-corrected chi connectivity index (χ1v) is 14.1. The number of rotatable bonds is 9. The molecule has 2 aromatic heterocycles. The molecule has 5 rings (SSSR count). The molecule has 0 spiro atoms. The van der Waals surface area contributed by atoms with Crippen LogP contribution in [0.15, 0.2) is 40.4 Å². The number of amides is 1. The number of benzene rings is 1. The van der Waals surface area contributed by atoms with Crippen molar-refractivity contribution in [2.45, 2.75) is 68.8 Å². The molecule has 3 heterocycles. The Bertz CT molecular complexity index is 1200. The lowest BCUT2D eigenvalue weighted by molar-refractivity contribution is -0.119. The molecule has 196 valence electrons. The quantitative estimate of drug-likeness (QED) is 0.298. The standard InChI is InChI=1S/C27H35N7O2S/c1-3-36-23-24(29-22-17-18(2)32-33-22)30-27(31-25(23)34-15-7-4-8-16-34)37-21-13-11-20(12-14-21)28-26(35)19-9-5-6-10-19/h11-14,17,19H,3-10,15-16H2,1-2H3,(H,28,35)(H2,29,30,31,32,33). The average molecular weight is 522 g/mol. The summed E-state index contributed by atoms with van der Waals surface area (Å²) in [5, 5.41) is 14.3. The summed E-state index contributed by atoms with van der Waals surface area (Å²) < 4.78 is 6.08. The van der Waals surface area contributed by atoms with E-state index in [-0.39, 0.29) is 11.8 Å². The number of anilines is 4. The summed E-state index contributed by atoms with van der Waals surface area (Å²) in [7, 11) is 0. The Kier molecular flexibility index (Phi) is 8.13. The predicted molar refractivity (Wildman–Crippen MR) is 147 cm³/mol. The molecule has 37 heavy (non-hydrogen) atoms. The SMILES string of the molecule is CCOc1c(Nc2cc(C)[nH]n2)nc(Sc2ccc(NC(=O)C3CCCC3)cc2)nc1N1CCCCC1. The van der Waals surface area contributed by atoms with Gasteiger partial charge in [0.25, 0.3) is 0 Å². The summed E-state index contributed by atoms with van der Waals surface area (Å²) in [5.74, 6) is 3.02. The second-order valence-electron chi connectivity index (χ2n) is 9.65. The third-order valence-corrected chi connectivity index (χ3v) is 7.65. The molecule has 1 aliphatic carbocycles. The van der Waals surface area contributed by atoms with E-state index >= 15 is 0 Å². The third kappa shape index (κ3) is 6.36. The molecule has 0 atom stereocenters. The fourth-order valence-corrected chi connectivity index (χ4v) is 5.65. The highest BCUT2D eigenvalue weighted by atomic mass is 32.2. The van der Waals surface area contributed by atoms with Crippen molar-refractivity contribution in [2.75, 3.05) is 35.2 Å². The molecule has 2 aliphatic rings. The van der Waals surface area contributed by atoms with E-state index in [4.69, 9.17) is 14.7 Å². The summed E-state index contributed by atoms with van der Waals surface area (Å²) in [4.78, 5) is 25.6. The van der Waals surface area contributed by atoms with Crippen LogP contribution in [-0.2, 0) is 4.79 Å². The number of H-pyrrole nitrogens is 1. The predicted octanol–water partition coefficient (Wildman–Crippen LogP) is 5.92. The minimum absolute atomic E-state index is 0.128. The van der Waals surface area contributed by atoms with Gasteiger partial charge in [0.05, 0.1) is 6.61 Å². The number of carbonyl (C=O) groups excluding carboxylic acids is 1. The fraction of sp³-hybridized carbons (Fsp3) is 0.481. The van der Waals surface area contributed by atoms with Gasteiger partial charge in [-0.1, -0.05) is 12.8 Å². The zero-order valence-electron chi connectivity index (χ0n) is 21.5. The molecular weight excluding hydrogens is 486 g/mol. The molecule has 0 radical (unpaired) electrons. The summed E-state index contributed by atoms with van der Waals surface area (Å²) in [6.45, 7) is 6.33. The Balaban J connectivity index is 1.40. The van der Waals surface area contributed by atoms with Gasteiger partial charge in [-0.2, -0.15) is 5.10 Å². The van der Waals surface area contributed by atoms with Crippen LogP contribution < -0.4 is 20.3 Å². The second-order valence-corrected chi connectivity index (χ2v) is 10.7. The highest BCUT2D eigenvalue weighted by Gasteiger charge is 2.24. The van der Waals surface area contributed by atoms with Crippen molar-refractivity contribution in [3.8, 4) is 5.75 Å². The van der Waals surface area contributed by atoms with E-state index in [1.54, 1.807) is 0 Å². The summed E-state index contributed by atoms with van der Waals surface area (Å²) in [6.07, 6.45) is 7.76. The fourth-order valence-electron chi connectivity index (χ4n) is 4.89. The number of aromatic amines is 1. The van der Waals surface area contributed by atoms with Gasteiger partial charge in [0, 0.05) is 41.4 Å². The van der Waals surface area contributed by atoms with Crippen molar-refractivity contribution < 1.29 is 9.53 Å². The molecule has 1 saturated carbocycles. The number of piperidine rings is 1. The van der Waals surface area contributed by atoms with Crippen LogP contribution in [0.2, 0.25) is 0 Å². The largest absolute Gasteiger partial charge is 0.487 e. The minimum Gasteiger partial charge on any atom is -0.487 e. The van der Waals surface area contributed by atoms with Crippen molar-refractivity contribution in [1.29, 1.82) is 0 Å². The van der Waals surface area contributed by atoms with Gasteiger partial charge in [0.2, 0.25) is 11.7 Å². The zero-order valence-corrected chi connectivity index (χ0v) is 22.4. The van der Waals surface area contributed by atoms with Gasteiger partial charge in [-0.3, -0.25) is 9.89 Å². The molecule has 1 aliphatic heterocycles. The van der Waals surface area contributed by atoms with Crippen molar-refractivity contribution >= 4 is 40.8 Å². The van der Waals surface area contributed by atoms with Crippen LogP contribution in [0, 0.1) is 12.8 Å². The van der Waals surface area contributed by atoms with Gasteiger partial charge in [0.1, 0.15) is 0 Å². The summed E-state index contributed by atoms with van der Waals surface area (Å²) in [5.41, 5.74) is 1.78. The van der Waals surface area contributed by atoms with E-state index in [0.717, 1.165) is 73.7 Å². The van der Waals surface area contributed by atoms with Gasteiger partial charge in [-0.15, -0.1) is 0 Å². The van der Waals surface area contributed by atoms with E-state index in [1.165, 1.54) is 18.2 Å². The molecule has 1 saturated heterocycles. The number of ether oxygens (including phenoxy) is 1. The van der Waals surface area contributed by atoms with Crippen LogP contribution in [-0.4, -0.2) is 45.8 Å². The van der Waals surface area contributed by atoms with Crippen LogP contribution >= 0.6 is 11.8 Å².